The highest BCUT2D eigenvalue weighted by Gasteiger charge is 2.13. The SMILES string of the molecule is CCCc1c(C)nn(-c2ccc(C(=O)Nc3ccc(Cl)cc3)cc2)c1C. The van der Waals surface area contributed by atoms with Crippen LogP contribution < -0.4 is 5.32 Å². The maximum absolute atomic E-state index is 12.4. The lowest BCUT2D eigenvalue weighted by Gasteiger charge is -2.08. The molecule has 0 bridgehead atoms. The molecule has 1 heterocycles. The van der Waals surface area contributed by atoms with Crippen molar-refractivity contribution < 1.29 is 4.79 Å². The molecule has 1 N–H and O–H groups in total. The first-order valence-corrected chi connectivity index (χ1v) is 9.10. The van der Waals surface area contributed by atoms with Gasteiger partial charge in [-0.15, -0.1) is 0 Å². The molecule has 0 aliphatic rings. The van der Waals surface area contributed by atoms with Crippen molar-refractivity contribution >= 4 is 23.2 Å². The summed E-state index contributed by atoms with van der Waals surface area (Å²) in [4.78, 5) is 12.4. The van der Waals surface area contributed by atoms with Crippen molar-refractivity contribution in [3.63, 3.8) is 0 Å². The Kier molecular flexibility index (Phi) is 5.43. The van der Waals surface area contributed by atoms with Gasteiger partial charge in [-0.2, -0.15) is 5.10 Å². The van der Waals surface area contributed by atoms with E-state index in [1.54, 1.807) is 24.3 Å². The number of anilines is 1. The second kappa shape index (κ2) is 7.75. The van der Waals surface area contributed by atoms with Crippen LogP contribution in [0.15, 0.2) is 48.5 Å². The average molecular weight is 368 g/mol. The lowest BCUT2D eigenvalue weighted by atomic mass is 10.1. The zero-order valence-electron chi connectivity index (χ0n) is 15.2. The van der Waals surface area contributed by atoms with E-state index in [9.17, 15) is 4.79 Å². The third-order valence-corrected chi connectivity index (χ3v) is 4.67. The number of hydrogen-bond acceptors (Lipinski definition) is 2. The number of hydrogen-bond donors (Lipinski definition) is 1. The van der Waals surface area contributed by atoms with Crippen LogP contribution in [0.1, 0.15) is 40.7 Å². The molecule has 26 heavy (non-hydrogen) atoms. The van der Waals surface area contributed by atoms with Gasteiger partial charge in [0.1, 0.15) is 0 Å². The minimum Gasteiger partial charge on any atom is -0.322 e. The summed E-state index contributed by atoms with van der Waals surface area (Å²) in [5.41, 5.74) is 5.79. The van der Waals surface area contributed by atoms with Gasteiger partial charge in [0, 0.05) is 22.0 Å². The number of nitrogens with zero attached hydrogens (tertiary/aromatic N) is 2. The molecule has 5 heteroatoms. The Morgan fingerprint density at radius 2 is 1.73 bits per heavy atom. The first-order chi connectivity index (χ1) is 12.5. The van der Waals surface area contributed by atoms with Crippen LogP contribution in [-0.4, -0.2) is 15.7 Å². The first kappa shape index (κ1) is 18.2. The van der Waals surface area contributed by atoms with Gasteiger partial charge in [0.05, 0.1) is 11.4 Å². The summed E-state index contributed by atoms with van der Waals surface area (Å²) < 4.78 is 1.95. The molecule has 0 spiro atoms. The lowest BCUT2D eigenvalue weighted by Crippen LogP contribution is -2.12. The molecule has 0 aliphatic carbocycles. The van der Waals surface area contributed by atoms with Crippen LogP contribution >= 0.6 is 11.6 Å². The van der Waals surface area contributed by atoms with E-state index in [0.29, 0.717) is 16.3 Å². The van der Waals surface area contributed by atoms with Gasteiger partial charge in [-0.25, -0.2) is 4.68 Å². The predicted molar refractivity (Wildman–Crippen MR) is 106 cm³/mol. The van der Waals surface area contributed by atoms with E-state index in [2.05, 4.69) is 24.3 Å². The Morgan fingerprint density at radius 1 is 1.08 bits per heavy atom. The summed E-state index contributed by atoms with van der Waals surface area (Å²) in [6.45, 7) is 6.30. The zero-order valence-corrected chi connectivity index (χ0v) is 16.0. The standard InChI is InChI=1S/C21H22ClN3O/c1-4-5-20-14(2)24-25(15(20)3)19-12-6-16(7-13-19)21(26)23-18-10-8-17(22)9-11-18/h6-13H,4-5H2,1-3H3,(H,23,26). The van der Waals surface area contributed by atoms with Crippen molar-refractivity contribution in [3.8, 4) is 5.69 Å². The Morgan fingerprint density at radius 3 is 2.35 bits per heavy atom. The second-order valence-electron chi connectivity index (χ2n) is 6.32. The van der Waals surface area contributed by atoms with E-state index in [1.165, 1.54) is 5.56 Å². The fourth-order valence-corrected chi connectivity index (χ4v) is 3.15. The number of carbonyl (C=O) groups is 1. The first-order valence-electron chi connectivity index (χ1n) is 8.72. The van der Waals surface area contributed by atoms with Crippen LogP contribution in [0.3, 0.4) is 0 Å². The molecule has 134 valence electrons. The maximum atomic E-state index is 12.4. The number of amides is 1. The Balaban J connectivity index is 1.79. The number of carbonyl (C=O) groups excluding carboxylic acids is 1. The van der Waals surface area contributed by atoms with Crippen molar-refractivity contribution in [2.45, 2.75) is 33.6 Å². The molecule has 1 amide bonds. The van der Waals surface area contributed by atoms with Crippen LogP contribution in [0.25, 0.3) is 5.69 Å². The fraction of sp³-hybridized carbons (Fsp3) is 0.238. The molecule has 3 rings (SSSR count). The van der Waals surface area contributed by atoms with Gasteiger partial charge >= 0.3 is 0 Å². The summed E-state index contributed by atoms with van der Waals surface area (Å²) in [5.74, 6) is -0.154. The summed E-state index contributed by atoms with van der Waals surface area (Å²) in [6, 6.07) is 14.5. The Hall–Kier alpha value is -2.59. The van der Waals surface area contributed by atoms with E-state index in [-0.39, 0.29) is 5.91 Å². The van der Waals surface area contributed by atoms with E-state index in [1.807, 2.05) is 35.9 Å². The number of halogens is 1. The minimum absolute atomic E-state index is 0.154. The van der Waals surface area contributed by atoms with Gasteiger partial charge in [-0.05, 0) is 74.4 Å². The van der Waals surface area contributed by atoms with Gasteiger partial charge in [-0.3, -0.25) is 4.79 Å². The third kappa shape index (κ3) is 3.81. The topological polar surface area (TPSA) is 46.9 Å². The molecule has 0 saturated carbocycles. The second-order valence-corrected chi connectivity index (χ2v) is 6.76. The number of rotatable bonds is 5. The number of aryl methyl sites for hydroxylation is 1. The molecule has 0 fully saturated rings. The van der Waals surface area contributed by atoms with Crippen LogP contribution in [0, 0.1) is 13.8 Å². The van der Waals surface area contributed by atoms with Gasteiger partial charge in [0.15, 0.2) is 0 Å². The highest BCUT2D eigenvalue weighted by Crippen LogP contribution is 2.20. The van der Waals surface area contributed by atoms with Gasteiger partial charge in [-0.1, -0.05) is 24.9 Å². The summed E-state index contributed by atoms with van der Waals surface area (Å²) >= 11 is 5.87. The summed E-state index contributed by atoms with van der Waals surface area (Å²) in [6.07, 6.45) is 2.12. The molecule has 0 unspecified atom stereocenters. The van der Waals surface area contributed by atoms with Crippen LogP contribution in [-0.2, 0) is 6.42 Å². The number of nitrogens with one attached hydrogen (secondary N) is 1. The van der Waals surface area contributed by atoms with Crippen LogP contribution in [0.5, 0.6) is 0 Å². The van der Waals surface area contributed by atoms with Gasteiger partial charge < -0.3 is 5.32 Å². The number of benzene rings is 2. The van der Waals surface area contributed by atoms with E-state index < -0.39 is 0 Å². The molecule has 0 aliphatic heterocycles. The number of aromatic nitrogens is 2. The summed E-state index contributed by atoms with van der Waals surface area (Å²) in [5, 5.41) is 8.16. The quantitative estimate of drug-likeness (QED) is 0.661. The molecule has 2 aromatic carbocycles. The van der Waals surface area contributed by atoms with Gasteiger partial charge in [0.25, 0.3) is 5.91 Å². The minimum atomic E-state index is -0.154. The van der Waals surface area contributed by atoms with Crippen molar-refractivity contribution in [1.29, 1.82) is 0 Å². The average Bonchev–Trinajstić information content (AvgIpc) is 2.92. The van der Waals surface area contributed by atoms with Crippen molar-refractivity contribution in [3.05, 3.63) is 76.1 Å². The highest BCUT2D eigenvalue weighted by molar-refractivity contribution is 6.30. The molecular formula is C21H22ClN3O. The molecule has 0 radical (unpaired) electrons. The Labute approximate surface area is 158 Å². The molecule has 1 aromatic heterocycles. The molecule has 4 nitrogen and oxygen atoms in total. The molecular weight excluding hydrogens is 346 g/mol. The van der Waals surface area contributed by atoms with E-state index in [0.717, 1.165) is 29.9 Å². The monoisotopic (exact) mass is 367 g/mol. The summed E-state index contributed by atoms with van der Waals surface area (Å²) in [7, 11) is 0. The maximum Gasteiger partial charge on any atom is 0.255 e. The Bertz CT molecular complexity index is 912. The van der Waals surface area contributed by atoms with Crippen LogP contribution in [0.4, 0.5) is 5.69 Å². The molecule has 0 saturated heterocycles. The fourth-order valence-electron chi connectivity index (χ4n) is 3.03. The smallest absolute Gasteiger partial charge is 0.255 e. The predicted octanol–water partition coefficient (Wildman–Crippen LogP) is 5.35. The van der Waals surface area contributed by atoms with Crippen molar-refractivity contribution in [2.24, 2.45) is 0 Å². The van der Waals surface area contributed by atoms with Crippen LogP contribution in [0.2, 0.25) is 5.02 Å². The van der Waals surface area contributed by atoms with E-state index in [4.69, 9.17) is 11.6 Å². The van der Waals surface area contributed by atoms with Crippen molar-refractivity contribution in [2.75, 3.05) is 5.32 Å². The normalized spacial score (nSPS) is 10.8. The molecule has 0 atom stereocenters. The third-order valence-electron chi connectivity index (χ3n) is 4.42. The largest absolute Gasteiger partial charge is 0.322 e. The van der Waals surface area contributed by atoms with Gasteiger partial charge in [0.2, 0.25) is 0 Å². The van der Waals surface area contributed by atoms with E-state index >= 15 is 0 Å². The van der Waals surface area contributed by atoms with Crippen molar-refractivity contribution in [1.82, 2.24) is 9.78 Å². The zero-order chi connectivity index (χ0) is 18.7. The lowest BCUT2D eigenvalue weighted by molar-refractivity contribution is 0.102. The molecule has 3 aromatic rings. The highest BCUT2D eigenvalue weighted by atomic mass is 35.5.